The summed E-state index contributed by atoms with van der Waals surface area (Å²) in [6.45, 7) is 3.32. The van der Waals surface area contributed by atoms with Gasteiger partial charge in [0.2, 0.25) is 0 Å². The molecule has 0 unspecified atom stereocenters. The van der Waals surface area contributed by atoms with Crippen molar-refractivity contribution in [1.82, 2.24) is 0 Å². The van der Waals surface area contributed by atoms with Crippen molar-refractivity contribution in [2.45, 2.75) is 6.18 Å². The molecule has 0 aliphatic rings. The fraction of sp³-hybridized carbons (Fsp3) is 0.125. The van der Waals surface area contributed by atoms with Crippen molar-refractivity contribution in [2.75, 3.05) is 0 Å². The number of hydrogen-bond acceptors (Lipinski definition) is 0. The predicted octanol–water partition coefficient (Wildman–Crippen LogP) is 3.49. The molecule has 0 aliphatic heterocycles. The molecule has 1 aromatic rings. The van der Waals surface area contributed by atoms with Gasteiger partial charge in [-0.3, -0.25) is 0 Å². The number of benzene rings is 1. The smallest absolute Gasteiger partial charge is 0.166 e. The summed E-state index contributed by atoms with van der Waals surface area (Å²) in [4.78, 5) is 0. The van der Waals surface area contributed by atoms with Gasteiger partial charge in [0.15, 0.2) is 0 Å². The molecule has 12 heavy (non-hydrogen) atoms. The maximum Gasteiger partial charge on any atom is 0.417 e. The molecule has 0 fully saturated rings. The average molecular weight is 285 g/mol. The van der Waals surface area contributed by atoms with E-state index in [-0.39, 0.29) is 9.13 Å². The minimum absolute atomic E-state index is 0.0226. The number of alkyl halides is 3. The van der Waals surface area contributed by atoms with Crippen LogP contribution in [-0.2, 0) is 6.18 Å². The van der Waals surface area contributed by atoms with Crippen LogP contribution >= 0.6 is 22.6 Å². The zero-order valence-corrected chi connectivity index (χ0v) is 8.11. The van der Waals surface area contributed by atoms with E-state index in [1.165, 1.54) is 12.1 Å². The van der Waals surface area contributed by atoms with E-state index in [0.29, 0.717) is 0 Å². The molecule has 0 spiro atoms. The minimum atomic E-state index is -4.30. The van der Waals surface area contributed by atoms with Gasteiger partial charge in [0.05, 0.1) is 5.56 Å². The lowest BCUT2D eigenvalue weighted by Gasteiger charge is -2.11. The highest BCUT2D eigenvalue weighted by Crippen LogP contribution is 2.34. The predicted molar refractivity (Wildman–Crippen MR) is 48.6 cm³/mol. The standard InChI is InChI=1S/C8H5F3I/c1-5-3-2-4-6(12)7(5)8(9,10)11/h2-4H,1H2. The van der Waals surface area contributed by atoms with Crippen LogP contribution in [0.4, 0.5) is 13.2 Å². The summed E-state index contributed by atoms with van der Waals surface area (Å²) in [7, 11) is 0. The van der Waals surface area contributed by atoms with Gasteiger partial charge < -0.3 is 0 Å². The van der Waals surface area contributed by atoms with Crippen LogP contribution in [0.2, 0.25) is 0 Å². The van der Waals surface area contributed by atoms with Crippen LogP contribution in [-0.4, -0.2) is 0 Å². The first-order chi connectivity index (χ1) is 5.43. The third kappa shape index (κ3) is 1.91. The van der Waals surface area contributed by atoms with E-state index in [2.05, 4.69) is 6.92 Å². The number of hydrogen-bond donors (Lipinski definition) is 0. The first-order valence-corrected chi connectivity index (χ1v) is 4.18. The second-order valence-electron chi connectivity index (χ2n) is 2.27. The molecule has 0 bridgehead atoms. The van der Waals surface area contributed by atoms with E-state index in [0.717, 1.165) is 0 Å². The summed E-state index contributed by atoms with van der Waals surface area (Å²) < 4.78 is 37.0. The lowest BCUT2D eigenvalue weighted by Crippen LogP contribution is -2.09. The molecule has 0 aliphatic carbocycles. The Labute approximate surface area is 81.9 Å². The van der Waals surface area contributed by atoms with Gasteiger partial charge in [0.1, 0.15) is 0 Å². The average Bonchev–Trinajstić information content (AvgIpc) is 1.82. The highest BCUT2D eigenvalue weighted by Gasteiger charge is 2.34. The molecule has 4 heteroatoms. The van der Waals surface area contributed by atoms with Gasteiger partial charge in [0.25, 0.3) is 0 Å². The van der Waals surface area contributed by atoms with Crippen molar-refractivity contribution < 1.29 is 13.2 Å². The first kappa shape index (κ1) is 9.83. The molecule has 0 nitrogen and oxygen atoms in total. The van der Waals surface area contributed by atoms with Gasteiger partial charge in [-0.15, -0.1) is 0 Å². The summed E-state index contributed by atoms with van der Waals surface area (Å²) in [6, 6.07) is 4.32. The molecule has 65 valence electrons. The molecule has 0 saturated heterocycles. The Hall–Kier alpha value is -0.260. The van der Waals surface area contributed by atoms with Crippen LogP contribution in [0.3, 0.4) is 0 Å². The van der Waals surface area contributed by atoms with E-state index in [1.807, 2.05) is 0 Å². The lowest BCUT2D eigenvalue weighted by atomic mass is 10.1. The van der Waals surface area contributed by atoms with E-state index in [4.69, 9.17) is 0 Å². The summed E-state index contributed by atoms with van der Waals surface area (Å²) in [5.41, 5.74) is -0.611. The Morgan fingerprint density at radius 1 is 1.25 bits per heavy atom. The molecule has 0 aromatic heterocycles. The highest BCUT2D eigenvalue weighted by molar-refractivity contribution is 14.1. The Bertz CT molecular complexity index is 271. The molecule has 1 rings (SSSR count). The van der Waals surface area contributed by atoms with Crippen LogP contribution in [0.15, 0.2) is 18.2 Å². The van der Waals surface area contributed by atoms with Crippen molar-refractivity contribution in [2.24, 2.45) is 0 Å². The lowest BCUT2D eigenvalue weighted by molar-refractivity contribution is -0.138. The molecule has 0 heterocycles. The van der Waals surface area contributed by atoms with Gasteiger partial charge in [-0.05, 0) is 41.1 Å². The molecule has 1 radical (unpaired) electrons. The third-order valence-corrected chi connectivity index (χ3v) is 2.28. The topological polar surface area (TPSA) is 0 Å². The zero-order valence-electron chi connectivity index (χ0n) is 5.95. The van der Waals surface area contributed by atoms with Gasteiger partial charge in [-0.2, -0.15) is 13.2 Å². The van der Waals surface area contributed by atoms with Crippen LogP contribution in [0.25, 0.3) is 0 Å². The maximum atomic E-state index is 12.3. The normalized spacial score (nSPS) is 11.8. The zero-order chi connectivity index (χ0) is 9.35. The fourth-order valence-corrected chi connectivity index (χ4v) is 1.75. The van der Waals surface area contributed by atoms with Gasteiger partial charge in [0, 0.05) is 3.57 Å². The van der Waals surface area contributed by atoms with Crippen LogP contribution < -0.4 is 0 Å². The summed E-state index contributed by atoms with van der Waals surface area (Å²) in [6.07, 6.45) is -4.30. The van der Waals surface area contributed by atoms with Crippen molar-refractivity contribution in [3.8, 4) is 0 Å². The molecular weight excluding hydrogens is 280 g/mol. The Kier molecular flexibility index (Phi) is 2.65. The molecule has 0 saturated carbocycles. The highest BCUT2D eigenvalue weighted by atomic mass is 127. The quantitative estimate of drug-likeness (QED) is 0.640. The minimum Gasteiger partial charge on any atom is -0.166 e. The molecule has 0 atom stereocenters. The Balaban J connectivity index is 3.31. The molecular formula is C8H5F3I. The first-order valence-electron chi connectivity index (χ1n) is 3.10. The number of rotatable bonds is 0. The summed E-state index contributed by atoms with van der Waals surface area (Å²) >= 11 is 1.65. The van der Waals surface area contributed by atoms with Crippen molar-refractivity contribution in [1.29, 1.82) is 0 Å². The second kappa shape index (κ2) is 3.24. The van der Waals surface area contributed by atoms with E-state index in [1.54, 1.807) is 28.7 Å². The van der Waals surface area contributed by atoms with Crippen LogP contribution in [0.5, 0.6) is 0 Å². The molecule has 0 N–H and O–H groups in total. The van der Waals surface area contributed by atoms with E-state index >= 15 is 0 Å². The van der Waals surface area contributed by atoms with E-state index in [9.17, 15) is 13.2 Å². The molecule has 1 aromatic carbocycles. The SMILES string of the molecule is [CH2]c1cccc(I)c1C(F)(F)F. The summed E-state index contributed by atoms with van der Waals surface area (Å²) in [5.74, 6) is 0. The number of halogens is 4. The van der Waals surface area contributed by atoms with Crippen molar-refractivity contribution in [3.05, 3.63) is 39.8 Å². The monoisotopic (exact) mass is 285 g/mol. The Morgan fingerprint density at radius 2 is 1.83 bits per heavy atom. The van der Waals surface area contributed by atoms with Gasteiger partial charge in [-0.1, -0.05) is 12.1 Å². The third-order valence-electron chi connectivity index (χ3n) is 1.38. The van der Waals surface area contributed by atoms with Crippen molar-refractivity contribution in [3.63, 3.8) is 0 Å². The second-order valence-corrected chi connectivity index (χ2v) is 3.43. The molecule has 0 amide bonds. The van der Waals surface area contributed by atoms with Crippen LogP contribution in [0.1, 0.15) is 11.1 Å². The van der Waals surface area contributed by atoms with Gasteiger partial charge in [-0.25, -0.2) is 0 Å². The van der Waals surface area contributed by atoms with Crippen LogP contribution in [0, 0.1) is 10.5 Å². The van der Waals surface area contributed by atoms with Gasteiger partial charge >= 0.3 is 6.18 Å². The largest absolute Gasteiger partial charge is 0.417 e. The fourth-order valence-electron chi connectivity index (χ4n) is 0.886. The van der Waals surface area contributed by atoms with Crippen molar-refractivity contribution >= 4 is 22.6 Å². The summed E-state index contributed by atoms with van der Waals surface area (Å²) in [5, 5.41) is 0. The van der Waals surface area contributed by atoms with E-state index < -0.39 is 11.7 Å². The maximum absolute atomic E-state index is 12.3. The Morgan fingerprint density at radius 3 is 2.17 bits per heavy atom.